The van der Waals surface area contributed by atoms with Crippen LogP contribution in [0.2, 0.25) is 0 Å². The van der Waals surface area contributed by atoms with Gasteiger partial charge in [0.1, 0.15) is 18.9 Å². The third-order valence-electron chi connectivity index (χ3n) is 5.80. The minimum absolute atomic E-state index is 0. The Balaban J connectivity index is 0.00000176. The van der Waals surface area contributed by atoms with E-state index in [0.29, 0.717) is 18.4 Å². The molecule has 1 aliphatic heterocycles. The van der Waals surface area contributed by atoms with E-state index in [1.807, 2.05) is 19.4 Å². The molecule has 3 atom stereocenters. The molecule has 5 heteroatoms. The van der Waals surface area contributed by atoms with Crippen LogP contribution in [0.4, 0.5) is 0 Å². The number of ketones is 1. The van der Waals surface area contributed by atoms with E-state index < -0.39 is 0 Å². The van der Waals surface area contributed by atoms with Crippen LogP contribution in [0.3, 0.4) is 0 Å². The Labute approximate surface area is 139 Å². The van der Waals surface area contributed by atoms with E-state index in [0.717, 1.165) is 25.2 Å². The smallest absolute Gasteiger partial charge is 0.253 e. The average molecular weight is 326 g/mol. The van der Waals surface area contributed by atoms with Crippen LogP contribution in [0.15, 0.2) is 12.4 Å². The van der Waals surface area contributed by atoms with Crippen LogP contribution in [-0.2, 0) is 18.4 Å². The van der Waals surface area contributed by atoms with E-state index in [1.165, 1.54) is 0 Å². The van der Waals surface area contributed by atoms with Crippen molar-refractivity contribution < 1.29 is 21.8 Å². The van der Waals surface area contributed by atoms with Gasteiger partial charge in [-0.3, -0.25) is 4.79 Å². The van der Waals surface area contributed by atoms with Crippen LogP contribution in [0.25, 0.3) is 0 Å². The van der Waals surface area contributed by atoms with Gasteiger partial charge in [0.05, 0.1) is 7.05 Å². The second-order valence-electron chi connectivity index (χ2n) is 8.11. The zero-order valence-corrected chi connectivity index (χ0v) is 15.1. The summed E-state index contributed by atoms with van der Waals surface area (Å²) in [5.74, 6) is 1.66. The lowest BCUT2D eigenvalue weighted by molar-refractivity contribution is -0.677. The Hall–Kier alpha value is -0.870. The van der Waals surface area contributed by atoms with Crippen molar-refractivity contribution in [2.75, 3.05) is 6.54 Å². The summed E-state index contributed by atoms with van der Waals surface area (Å²) < 4.78 is 4.14. The van der Waals surface area contributed by atoms with E-state index >= 15 is 0 Å². The second-order valence-corrected chi connectivity index (χ2v) is 8.11. The van der Waals surface area contributed by atoms with Crippen molar-refractivity contribution in [2.45, 2.75) is 53.1 Å². The van der Waals surface area contributed by atoms with Gasteiger partial charge in [-0.05, 0) is 23.7 Å². The highest BCUT2D eigenvalue weighted by molar-refractivity contribution is 5.82. The maximum atomic E-state index is 13.1. The van der Waals surface area contributed by atoms with Crippen molar-refractivity contribution in [3.05, 3.63) is 18.2 Å². The number of Topliss-reactive ketones (excluding diaryl/α,β-unsaturated/α-hetero) is 1. The van der Waals surface area contributed by atoms with Crippen LogP contribution in [0.1, 0.15) is 39.4 Å². The molecule has 1 N–H and O–H groups in total. The van der Waals surface area contributed by atoms with Crippen molar-refractivity contribution in [3.8, 4) is 0 Å². The first kappa shape index (κ1) is 17.5. The van der Waals surface area contributed by atoms with Crippen molar-refractivity contribution in [1.29, 1.82) is 0 Å². The number of nitrogens with zero attached hydrogens (tertiary/aromatic N) is 2. The molecule has 1 aliphatic carbocycles. The first-order valence-corrected chi connectivity index (χ1v) is 8.00. The standard InChI is InChI=1S/C17H28N3O.ClH/c1-12-19(5)6-7-20(12)10-14(21)15-16(2,3)8-13-9-17(15,4)11-18-13;/h6-7,13,15,18H,8-11H2,1-5H3;1H/q+1;/p-1. The molecule has 4 nitrogen and oxygen atoms in total. The summed E-state index contributed by atoms with van der Waals surface area (Å²) in [5, 5.41) is 3.62. The van der Waals surface area contributed by atoms with Gasteiger partial charge < -0.3 is 17.7 Å². The number of rotatable bonds is 3. The molecule has 3 unspecified atom stereocenters. The molecule has 124 valence electrons. The van der Waals surface area contributed by atoms with Gasteiger partial charge in [0.15, 0.2) is 5.78 Å². The summed E-state index contributed by atoms with van der Waals surface area (Å²) >= 11 is 0. The third-order valence-corrected chi connectivity index (χ3v) is 5.80. The van der Waals surface area contributed by atoms with Crippen molar-refractivity contribution >= 4 is 5.78 Å². The predicted octanol–water partition coefficient (Wildman–Crippen LogP) is -1.39. The number of carbonyl (C=O) groups excluding carboxylic acids is 1. The molecule has 2 heterocycles. The highest BCUT2D eigenvalue weighted by atomic mass is 35.5. The molecular formula is C17H28ClN3O. The summed E-state index contributed by atoms with van der Waals surface area (Å²) in [6, 6.07) is 0.597. The normalized spacial score (nSPS) is 32.6. The highest BCUT2D eigenvalue weighted by Crippen LogP contribution is 2.54. The molecule has 1 aromatic rings. The number of aryl methyl sites for hydroxylation is 1. The Morgan fingerprint density at radius 1 is 1.41 bits per heavy atom. The van der Waals surface area contributed by atoms with Crippen molar-refractivity contribution in [2.24, 2.45) is 23.8 Å². The molecule has 0 spiro atoms. The molecule has 0 aromatic carbocycles. The summed E-state index contributed by atoms with van der Waals surface area (Å²) in [7, 11) is 2.02. The van der Waals surface area contributed by atoms with Crippen LogP contribution in [0.5, 0.6) is 0 Å². The van der Waals surface area contributed by atoms with Gasteiger partial charge in [0.2, 0.25) is 0 Å². The fourth-order valence-electron chi connectivity index (χ4n) is 4.99. The molecule has 22 heavy (non-hydrogen) atoms. The largest absolute Gasteiger partial charge is 1.00 e. The van der Waals surface area contributed by atoms with Gasteiger partial charge in [0, 0.05) is 25.4 Å². The molecule has 3 rings (SSSR count). The maximum absolute atomic E-state index is 13.1. The quantitative estimate of drug-likeness (QED) is 0.695. The number of halogens is 1. The lowest BCUT2D eigenvalue weighted by Gasteiger charge is -2.47. The lowest BCUT2D eigenvalue weighted by atomic mass is 9.56. The van der Waals surface area contributed by atoms with E-state index in [1.54, 1.807) is 0 Å². The number of carbonyl (C=O) groups is 1. The maximum Gasteiger partial charge on any atom is 0.253 e. The topological polar surface area (TPSA) is 37.9 Å². The molecule has 2 aliphatic rings. The van der Waals surface area contributed by atoms with Crippen LogP contribution < -0.4 is 22.3 Å². The third kappa shape index (κ3) is 2.71. The Morgan fingerprint density at radius 2 is 2.09 bits per heavy atom. The van der Waals surface area contributed by atoms with Gasteiger partial charge >= 0.3 is 0 Å². The van der Waals surface area contributed by atoms with Gasteiger partial charge in [-0.2, -0.15) is 0 Å². The predicted molar refractivity (Wildman–Crippen MR) is 81.8 cm³/mol. The molecule has 2 fully saturated rings. The van der Waals surface area contributed by atoms with E-state index in [9.17, 15) is 4.79 Å². The zero-order chi connectivity index (χ0) is 15.4. The minimum atomic E-state index is 0. The molecule has 2 bridgehead atoms. The minimum Gasteiger partial charge on any atom is -1.00 e. The molecule has 0 amide bonds. The summed E-state index contributed by atoms with van der Waals surface area (Å²) in [6.45, 7) is 10.4. The Morgan fingerprint density at radius 3 is 2.68 bits per heavy atom. The number of imidazole rings is 1. The summed E-state index contributed by atoms with van der Waals surface area (Å²) in [5.41, 5.74) is 0.203. The number of aromatic nitrogens is 2. The fraction of sp³-hybridized carbons (Fsp3) is 0.765. The summed E-state index contributed by atoms with van der Waals surface area (Å²) in [4.78, 5) is 13.1. The van der Waals surface area contributed by atoms with Gasteiger partial charge in [-0.1, -0.05) is 20.8 Å². The number of hydrogen-bond donors (Lipinski definition) is 1. The Kier molecular flexibility index (Phi) is 4.48. The monoisotopic (exact) mass is 325 g/mol. The zero-order valence-electron chi connectivity index (χ0n) is 14.3. The lowest BCUT2D eigenvalue weighted by Crippen LogP contribution is -3.00. The van der Waals surface area contributed by atoms with Gasteiger partial charge in [-0.25, -0.2) is 9.13 Å². The van der Waals surface area contributed by atoms with E-state index in [-0.39, 0.29) is 29.2 Å². The molecule has 1 aromatic heterocycles. The molecular weight excluding hydrogens is 298 g/mol. The Bertz CT molecular complexity index is 580. The number of fused-ring (bicyclic) bond motifs is 2. The molecule has 0 radical (unpaired) electrons. The first-order chi connectivity index (χ1) is 9.73. The first-order valence-electron chi connectivity index (χ1n) is 8.00. The van der Waals surface area contributed by atoms with Crippen LogP contribution in [-0.4, -0.2) is 22.9 Å². The SMILES string of the molecule is Cc1n(CC(=O)C2C(C)(C)CC3CC2(C)CN3)cc[n+]1C.[Cl-]. The van der Waals surface area contributed by atoms with Gasteiger partial charge in [0.25, 0.3) is 5.82 Å². The number of nitrogens with one attached hydrogen (secondary N) is 1. The van der Waals surface area contributed by atoms with Crippen molar-refractivity contribution in [3.63, 3.8) is 0 Å². The van der Waals surface area contributed by atoms with Gasteiger partial charge in [-0.15, -0.1) is 0 Å². The van der Waals surface area contributed by atoms with E-state index in [4.69, 9.17) is 0 Å². The highest BCUT2D eigenvalue weighted by Gasteiger charge is 2.56. The van der Waals surface area contributed by atoms with Crippen LogP contribution >= 0.6 is 0 Å². The van der Waals surface area contributed by atoms with E-state index in [2.05, 4.69) is 42.1 Å². The van der Waals surface area contributed by atoms with Crippen molar-refractivity contribution in [1.82, 2.24) is 9.88 Å². The second kappa shape index (κ2) is 5.64. The van der Waals surface area contributed by atoms with Crippen LogP contribution in [0, 0.1) is 23.7 Å². The summed E-state index contributed by atoms with van der Waals surface area (Å²) in [6.07, 6.45) is 6.29. The molecule has 1 saturated heterocycles. The average Bonchev–Trinajstić information content (AvgIpc) is 2.83. The number of hydrogen-bond acceptors (Lipinski definition) is 2. The molecule has 1 saturated carbocycles. The fourth-order valence-corrected chi connectivity index (χ4v) is 4.99.